The normalized spacial score (nSPS) is 13.5. The molecule has 2 aromatic carbocycles. The predicted octanol–water partition coefficient (Wildman–Crippen LogP) is 4.51. The van der Waals surface area contributed by atoms with Crippen LogP contribution in [-0.2, 0) is 25.7 Å². The molecule has 0 bridgehead atoms. The van der Waals surface area contributed by atoms with E-state index in [0.29, 0.717) is 28.5 Å². The van der Waals surface area contributed by atoms with Crippen molar-refractivity contribution < 1.29 is 27.2 Å². The lowest BCUT2D eigenvalue weighted by Crippen LogP contribution is -2.40. The van der Waals surface area contributed by atoms with Crippen molar-refractivity contribution in [3.05, 3.63) is 92.7 Å². The van der Waals surface area contributed by atoms with Crippen LogP contribution in [0.1, 0.15) is 63.4 Å². The maximum Gasteiger partial charge on any atom is 0.449 e. The van der Waals surface area contributed by atoms with E-state index >= 15 is 0 Å². The van der Waals surface area contributed by atoms with Crippen molar-refractivity contribution >= 4 is 22.5 Å². The highest BCUT2D eigenvalue weighted by molar-refractivity contribution is 5.97. The van der Waals surface area contributed by atoms with E-state index in [1.807, 2.05) is 0 Å². The molecule has 0 spiro atoms. The third-order valence-corrected chi connectivity index (χ3v) is 6.70. The van der Waals surface area contributed by atoms with Crippen LogP contribution in [0.4, 0.5) is 17.6 Å². The maximum absolute atomic E-state index is 14.9. The van der Waals surface area contributed by atoms with E-state index in [9.17, 15) is 31.9 Å². The standard InChI is InChI=1S/C27H23F4N5O3/c1-2-5-22(37)23-21-14-35(10-11-36(21)26(32-23)27(29,30)31)25(39)18-12-15(8-9-19(18)28)13-20-16-6-3-4-7-17(16)24(38)34-33-20/h3-4,6-9,12H,2,5,10-11,13-14H2,1H3,(H,34,38). The highest BCUT2D eigenvalue weighted by Gasteiger charge is 2.41. The fourth-order valence-corrected chi connectivity index (χ4v) is 4.84. The van der Waals surface area contributed by atoms with Crippen molar-refractivity contribution in [3.63, 3.8) is 0 Å². The Labute approximate surface area is 219 Å². The van der Waals surface area contributed by atoms with Crippen molar-refractivity contribution in [2.24, 2.45) is 0 Å². The summed E-state index contributed by atoms with van der Waals surface area (Å²) in [4.78, 5) is 42.8. The van der Waals surface area contributed by atoms with Gasteiger partial charge in [-0.25, -0.2) is 14.5 Å². The van der Waals surface area contributed by atoms with E-state index in [-0.39, 0.29) is 55.0 Å². The van der Waals surface area contributed by atoms with Gasteiger partial charge >= 0.3 is 6.18 Å². The van der Waals surface area contributed by atoms with Crippen LogP contribution in [0.25, 0.3) is 10.8 Å². The third-order valence-electron chi connectivity index (χ3n) is 6.70. The average molecular weight is 542 g/mol. The second-order valence-electron chi connectivity index (χ2n) is 9.32. The fraction of sp³-hybridized carbons (Fsp3) is 0.296. The summed E-state index contributed by atoms with van der Waals surface area (Å²) in [6, 6.07) is 10.9. The van der Waals surface area contributed by atoms with Crippen molar-refractivity contribution in [2.45, 2.75) is 45.5 Å². The van der Waals surface area contributed by atoms with Crippen LogP contribution < -0.4 is 5.56 Å². The summed E-state index contributed by atoms with van der Waals surface area (Å²) in [6.45, 7) is 1.05. The van der Waals surface area contributed by atoms with Gasteiger partial charge < -0.3 is 9.47 Å². The number of aromatic amines is 1. The molecule has 1 aliphatic rings. The van der Waals surface area contributed by atoms with Gasteiger partial charge in [-0.2, -0.15) is 18.3 Å². The first-order valence-electron chi connectivity index (χ1n) is 12.3. The molecule has 0 atom stereocenters. The fourth-order valence-electron chi connectivity index (χ4n) is 4.84. The van der Waals surface area contributed by atoms with Crippen LogP contribution in [0.3, 0.4) is 0 Å². The molecule has 0 unspecified atom stereocenters. The lowest BCUT2D eigenvalue weighted by Gasteiger charge is -2.30. The number of rotatable bonds is 6. The first kappa shape index (κ1) is 26.3. The Balaban J connectivity index is 1.46. The summed E-state index contributed by atoms with van der Waals surface area (Å²) >= 11 is 0. The molecule has 202 valence electrons. The second-order valence-corrected chi connectivity index (χ2v) is 9.32. The number of benzene rings is 2. The van der Waals surface area contributed by atoms with Gasteiger partial charge in [0.15, 0.2) is 5.78 Å². The summed E-state index contributed by atoms with van der Waals surface area (Å²) in [5.41, 5.74) is 0.138. The van der Waals surface area contributed by atoms with E-state index in [4.69, 9.17) is 0 Å². The molecule has 39 heavy (non-hydrogen) atoms. The van der Waals surface area contributed by atoms with Gasteiger partial charge in [0.2, 0.25) is 5.82 Å². The van der Waals surface area contributed by atoms with Crippen molar-refractivity contribution in [1.29, 1.82) is 0 Å². The van der Waals surface area contributed by atoms with E-state index in [0.717, 1.165) is 10.6 Å². The first-order chi connectivity index (χ1) is 18.6. The minimum atomic E-state index is -4.77. The first-order valence-corrected chi connectivity index (χ1v) is 12.3. The van der Waals surface area contributed by atoms with E-state index in [2.05, 4.69) is 15.2 Å². The molecule has 4 aromatic rings. The minimum absolute atomic E-state index is 0.0131. The number of Topliss-reactive ketones (excluding diaryl/α,β-unsaturated/α-hetero) is 1. The van der Waals surface area contributed by atoms with Crippen LogP contribution in [0.2, 0.25) is 0 Å². The van der Waals surface area contributed by atoms with Gasteiger partial charge in [0, 0.05) is 31.3 Å². The van der Waals surface area contributed by atoms with Gasteiger partial charge in [-0.15, -0.1) is 0 Å². The minimum Gasteiger partial charge on any atom is -0.331 e. The van der Waals surface area contributed by atoms with Gasteiger partial charge in [-0.1, -0.05) is 31.2 Å². The molecular formula is C27H23F4N5O3. The molecule has 1 aliphatic heterocycles. The molecule has 2 aromatic heterocycles. The largest absolute Gasteiger partial charge is 0.449 e. The van der Waals surface area contributed by atoms with Gasteiger partial charge in [-0.05, 0) is 30.2 Å². The summed E-state index contributed by atoms with van der Waals surface area (Å²) in [5, 5.41) is 7.62. The average Bonchev–Trinajstić information content (AvgIpc) is 3.31. The predicted molar refractivity (Wildman–Crippen MR) is 133 cm³/mol. The number of carbonyl (C=O) groups excluding carboxylic acids is 2. The molecule has 0 saturated carbocycles. The highest BCUT2D eigenvalue weighted by Crippen LogP contribution is 2.33. The molecular weight excluding hydrogens is 518 g/mol. The Morgan fingerprint density at radius 2 is 1.82 bits per heavy atom. The smallest absolute Gasteiger partial charge is 0.331 e. The number of halogens is 4. The van der Waals surface area contributed by atoms with Gasteiger partial charge in [0.1, 0.15) is 11.5 Å². The number of aromatic nitrogens is 4. The zero-order valence-corrected chi connectivity index (χ0v) is 20.8. The number of ketones is 1. The monoisotopic (exact) mass is 541 g/mol. The Kier molecular flexibility index (Phi) is 6.79. The van der Waals surface area contributed by atoms with Crippen LogP contribution in [0.15, 0.2) is 47.3 Å². The number of hydrogen-bond acceptors (Lipinski definition) is 5. The number of amides is 1. The Morgan fingerprint density at radius 1 is 1.08 bits per heavy atom. The zero-order chi connectivity index (χ0) is 27.9. The van der Waals surface area contributed by atoms with Crippen molar-refractivity contribution in [2.75, 3.05) is 6.54 Å². The Morgan fingerprint density at radius 3 is 2.54 bits per heavy atom. The number of hydrogen-bond donors (Lipinski definition) is 1. The third kappa shape index (κ3) is 4.93. The molecule has 1 amide bonds. The molecule has 0 fully saturated rings. The van der Waals surface area contributed by atoms with Crippen LogP contribution in [-0.4, -0.2) is 42.9 Å². The summed E-state index contributed by atoms with van der Waals surface area (Å²) in [5.74, 6) is -3.23. The molecule has 8 nitrogen and oxygen atoms in total. The Bertz CT molecular complexity index is 1660. The van der Waals surface area contributed by atoms with Crippen LogP contribution in [0, 0.1) is 5.82 Å². The van der Waals surface area contributed by atoms with Crippen molar-refractivity contribution in [1.82, 2.24) is 24.6 Å². The molecule has 0 saturated heterocycles. The number of carbonyl (C=O) groups is 2. The van der Waals surface area contributed by atoms with E-state index in [1.54, 1.807) is 31.2 Å². The molecule has 12 heteroatoms. The zero-order valence-electron chi connectivity index (χ0n) is 20.8. The van der Waals surface area contributed by atoms with Crippen molar-refractivity contribution in [3.8, 4) is 0 Å². The quantitative estimate of drug-likeness (QED) is 0.286. The second kappa shape index (κ2) is 10.1. The topological polar surface area (TPSA) is 101 Å². The summed E-state index contributed by atoms with van der Waals surface area (Å²) < 4.78 is 56.6. The number of H-pyrrole nitrogens is 1. The molecule has 0 radical (unpaired) electrons. The maximum atomic E-state index is 14.9. The summed E-state index contributed by atoms with van der Waals surface area (Å²) in [7, 11) is 0. The van der Waals surface area contributed by atoms with Crippen LogP contribution in [0.5, 0.6) is 0 Å². The van der Waals surface area contributed by atoms with E-state index in [1.165, 1.54) is 17.0 Å². The molecule has 3 heterocycles. The Hall–Kier alpha value is -4.35. The number of fused-ring (bicyclic) bond motifs is 2. The molecule has 0 aliphatic carbocycles. The van der Waals surface area contributed by atoms with E-state index < -0.39 is 29.5 Å². The number of nitrogens with zero attached hydrogens (tertiary/aromatic N) is 4. The number of imidazole rings is 1. The van der Waals surface area contributed by atoms with Crippen LogP contribution >= 0.6 is 0 Å². The highest BCUT2D eigenvalue weighted by atomic mass is 19.4. The molecule has 5 rings (SSSR count). The number of alkyl halides is 3. The van der Waals surface area contributed by atoms with Gasteiger partial charge in [0.25, 0.3) is 11.5 Å². The SMILES string of the molecule is CCCC(=O)c1nc(C(F)(F)F)n2c1CN(C(=O)c1cc(Cc3n[nH]c(=O)c4ccccc34)ccc1F)CC2. The lowest BCUT2D eigenvalue weighted by atomic mass is 10.0. The summed E-state index contributed by atoms with van der Waals surface area (Å²) in [6.07, 6.45) is -4.15. The molecule has 1 N–H and O–H groups in total. The number of nitrogens with one attached hydrogen (secondary N) is 1. The van der Waals surface area contributed by atoms with Gasteiger partial charge in [-0.3, -0.25) is 14.4 Å². The lowest BCUT2D eigenvalue weighted by molar-refractivity contribution is -0.147. The van der Waals surface area contributed by atoms with Gasteiger partial charge in [0.05, 0.1) is 28.9 Å².